The summed E-state index contributed by atoms with van der Waals surface area (Å²) in [5, 5.41) is 9.17. The van der Waals surface area contributed by atoms with Gasteiger partial charge in [0, 0.05) is 5.56 Å². The van der Waals surface area contributed by atoms with Crippen molar-refractivity contribution < 1.29 is 19.4 Å². The van der Waals surface area contributed by atoms with Crippen LogP contribution in [0.1, 0.15) is 10.4 Å². The van der Waals surface area contributed by atoms with Gasteiger partial charge < -0.3 is 14.6 Å². The fraction of sp³-hybridized carbons (Fsp3) is 0.364. The number of carbonyl (C=O) groups excluding carboxylic acids is 1. The minimum atomic E-state index is -0.133. The molecule has 1 aliphatic rings. The van der Waals surface area contributed by atoms with E-state index in [-0.39, 0.29) is 24.2 Å². The van der Waals surface area contributed by atoms with E-state index in [0.717, 1.165) is 6.61 Å². The van der Waals surface area contributed by atoms with Crippen LogP contribution in [0.5, 0.6) is 5.75 Å². The summed E-state index contributed by atoms with van der Waals surface area (Å²) in [6, 6.07) is 6.24. The first-order valence-corrected chi connectivity index (χ1v) is 4.77. The summed E-state index contributed by atoms with van der Waals surface area (Å²) in [5.74, 6) is -0.0436. The average Bonchev–Trinajstić information content (AvgIpc) is 3.01. The topological polar surface area (TPSA) is 59.1 Å². The lowest BCUT2D eigenvalue weighted by Crippen LogP contribution is -2.12. The van der Waals surface area contributed by atoms with Gasteiger partial charge in [-0.1, -0.05) is 12.1 Å². The lowest BCUT2D eigenvalue weighted by Gasteiger charge is -2.02. The van der Waals surface area contributed by atoms with Gasteiger partial charge in [-0.15, -0.1) is 0 Å². The quantitative estimate of drug-likeness (QED) is 0.579. The lowest BCUT2D eigenvalue weighted by molar-refractivity contribution is 0.0727. The molecule has 1 unspecified atom stereocenters. The molecule has 0 saturated carbocycles. The first kappa shape index (κ1) is 10.1. The third-order valence-corrected chi connectivity index (χ3v) is 2.11. The Balaban J connectivity index is 1.83. The monoisotopic (exact) mass is 208 g/mol. The Morgan fingerprint density at radius 3 is 3.07 bits per heavy atom. The predicted octanol–water partition coefficient (Wildman–Crippen LogP) is 0.990. The number of hydrogen-bond acceptors (Lipinski definition) is 4. The summed E-state index contributed by atoms with van der Waals surface area (Å²) < 4.78 is 10.1. The molecule has 0 spiro atoms. The zero-order valence-corrected chi connectivity index (χ0v) is 8.18. The molecule has 1 heterocycles. The third kappa shape index (κ3) is 3.04. The van der Waals surface area contributed by atoms with E-state index in [2.05, 4.69) is 0 Å². The molecule has 4 heteroatoms. The Morgan fingerprint density at radius 1 is 1.60 bits per heavy atom. The van der Waals surface area contributed by atoms with E-state index in [1.807, 2.05) is 0 Å². The minimum absolute atomic E-state index is 0.0311. The zero-order chi connectivity index (χ0) is 10.7. The Hall–Kier alpha value is -1.39. The summed E-state index contributed by atoms with van der Waals surface area (Å²) in [6.07, 6.45) is 0.168. The zero-order valence-electron chi connectivity index (χ0n) is 8.18. The van der Waals surface area contributed by atoms with Gasteiger partial charge in [-0.2, -0.15) is 0 Å². The van der Waals surface area contributed by atoms with Crippen molar-refractivity contribution in [3.05, 3.63) is 29.8 Å². The molecule has 1 aromatic rings. The number of carbonyl (C=O) groups is 1. The second-order valence-corrected chi connectivity index (χ2v) is 3.44. The molecule has 1 aromatic carbocycles. The molecule has 0 aliphatic carbocycles. The summed E-state index contributed by atoms with van der Waals surface area (Å²) in [4.78, 5) is 11.5. The maximum absolute atomic E-state index is 11.5. The van der Waals surface area contributed by atoms with Crippen LogP contribution >= 0.6 is 0 Å². The standard InChI is InChI=1S/C11H12O4/c12-9-3-1-2-8(4-9)11(13)7-14-5-10-6-15-10/h1-4,10,12H,5-7H2. The van der Waals surface area contributed by atoms with E-state index in [0.29, 0.717) is 12.2 Å². The molecular formula is C11H12O4. The van der Waals surface area contributed by atoms with E-state index in [4.69, 9.17) is 9.47 Å². The van der Waals surface area contributed by atoms with Crippen molar-refractivity contribution in [2.75, 3.05) is 19.8 Å². The molecule has 1 saturated heterocycles. The summed E-state index contributed by atoms with van der Waals surface area (Å²) in [5.41, 5.74) is 0.465. The molecular weight excluding hydrogens is 196 g/mol. The molecule has 1 N–H and O–H groups in total. The number of rotatable bonds is 5. The van der Waals surface area contributed by atoms with Crippen LogP contribution in [0, 0.1) is 0 Å². The second-order valence-electron chi connectivity index (χ2n) is 3.44. The van der Waals surface area contributed by atoms with Crippen molar-refractivity contribution in [1.82, 2.24) is 0 Å². The Labute approximate surface area is 87.4 Å². The maximum atomic E-state index is 11.5. The van der Waals surface area contributed by atoms with Crippen LogP contribution in [0.2, 0.25) is 0 Å². The van der Waals surface area contributed by atoms with Gasteiger partial charge in [0.25, 0.3) is 0 Å². The third-order valence-electron chi connectivity index (χ3n) is 2.11. The van der Waals surface area contributed by atoms with E-state index in [1.54, 1.807) is 12.1 Å². The number of Topliss-reactive ketones (excluding diaryl/α,β-unsaturated/α-hetero) is 1. The Kier molecular flexibility index (Phi) is 2.99. The van der Waals surface area contributed by atoms with Crippen LogP contribution in [-0.2, 0) is 9.47 Å². The van der Waals surface area contributed by atoms with Gasteiger partial charge in [-0.3, -0.25) is 4.79 Å². The smallest absolute Gasteiger partial charge is 0.188 e. The highest BCUT2D eigenvalue weighted by molar-refractivity contribution is 5.97. The SMILES string of the molecule is O=C(COCC1CO1)c1cccc(O)c1. The van der Waals surface area contributed by atoms with E-state index in [1.165, 1.54) is 12.1 Å². The van der Waals surface area contributed by atoms with E-state index >= 15 is 0 Å². The highest BCUT2D eigenvalue weighted by atomic mass is 16.6. The van der Waals surface area contributed by atoms with Crippen LogP contribution in [-0.4, -0.2) is 36.8 Å². The first-order valence-electron chi connectivity index (χ1n) is 4.77. The number of ketones is 1. The fourth-order valence-electron chi connectivity index (χ4n) is 1.21. The summed E-state index contributed by atoms with van der Waals surface area (Å²) >= 11 is 0. The average molecular weight is 208 g/mol. The number of hydrogen-bond donors (Lipinski definition) is 1. The normalized spacial score (nSPS) is 18.8. The fourth-order valence-corrected chi connectivity index (χ4v) is 1.21. The predicted molar refractivity (Wildman–Crippen MR) is 53.0 cm³/mol. The van der Waals surface area contributed by atoms with Crippen molar-refractivity contribution in [3.63, 3.8) is 0 Å². The van der Waals surface area contributed by atoms with Gasteiger partial charge in [0.15, 0.2) is 5.78 Å². The molecule has 1 aliphatic heterocycles. The van der Waals surface area contributed by atoms with Gasteiger partial charge in [-0.05, 0) is 12.1 Å². The molecule has 1 fully saturated rings. The van der Waals surface area contributed by atoms with Crippen molar-refractivity contribution in [3.8, 4) is 5.75 Å². The van der Waals surface area contributed by atoms with Gasteiger partial charge >= 0.3 is 0 Å². The van der Waals surface area contributed by atoms with Gasteiger partial charge in [0.1, 0.15) is 18.5 Å². The maximum Gasteiger partial charge on any atom is 0.188 e. The number of epoxide rings is 1. The number of phenolic OH excluding ortho intramolecular Hbond substituents is 1. The number of benzene rings is 1. The number of phenols is 1. The van der Waals surface area contributed by atoms with Crippen LogP contribution in [0.25, 0.3) is 0 Å². The molecule has 0 radical (unpaired) electrons. The van der Waals surface area contributed by atoms with Gasteiger partial charge in [0.2, 0.25) is 0 Å². The van der Waals surface area contributed by atoms with Crippen molar-refractivity contribution >= 4 is 5.78 Å². The highest BCUT2D eigenvalue weighted by Crippen LogP contribution is 2.12. The lowest BCUT2D eigenvalue weighted by atomic mass is 10.1. The molecule has 1 atom stereocenters. The molecule has 15 heavy (non-hydrogen) atoms. The largest absolute Gasteiger partial charge is 0.508 e. The Morgan fingerprint density at radius 2 is 2.40 bits per heavy atom. The van der Waals surface area contributed by atoms with E-state index < -0.39 is 0 Å². The summed E-state index contributed by atoms with van der Waals surface area (Å²) in [7, 11) is 0. The molecule has 0 bridgehead atoms. The minimum Gasteiger partial charge on any atom is -0.508 e. The number of ether oxygens (including phenoxy) is 2. The van der Waals surface area contributed by atoms with Crippen LogP contribution in [0.4, 0.5) is 0 Å². The van der Waals surface area contributed by atoms with Gasteiger partial charge in [0.05, 0.1) is 13.2 Å². The molecule has 0 amide bonds. The van der Waals surface area contributed by atoms with Crippen molar-refractivity contribution in [2.45, 2.75) is 6.10 Å². The first-order chi connectivity index (χ1) is 7.25. The van der Waals surface area contributed by atoms with Gasteiger partial charge in [-0.25, -0.2) is 0 Å². The Bertz CT molecular complexity index is 357. The van der Waals surface area contributed by atoms with Crippen LogP contribution < -0.4 is 0 Å². The second kappa shape index (κ2) is 4.42. The highest BCUT2D eigenvalue weighted by Gasteiger charge is 2.22. The van der Waals surface area contributed by atoms with Crippen LogP contribution in [0.3, 0.4) is 0 Å². The van der Waals surface area contributed by atoms with Crippen LogP contribution in [0.15, 0.2) is 24.3 Å². The molecule has 80 valence electrons. The molecule has 0 aromatic heterocycles. The summed E-state index contributed by atoms with van der Waals surface area (Å²) in [6.45, 7) is 1.22. The molecule has 4 nitrogen and oxygen atoms in total. The van der Waals surface area contributed by atoms with Crippen molar-refractivity contribution in [2.24, 2.45) is 0 Å². The van der Waals surface area contributed by atoms with Crippen molar-refractivity contribution in [1.29, 1.82) is 0 Å². The number of aromatic hydroxyl groups is 1. The molecule has 2 rings (SSSR count). The van der Waals surface area contributed by atoms with E-state index in [9.17, 15) is 9.90 Å².